The minimum absolute atomic E-state index is 0.263. The average Bonchev–Trinajstić information content (AvgIpc) is 2.69. The van der Waals surface area contributed by atoms with Crippen molar-refractivity contribution in [3.63, 3.8) is 0 Å². The van der Waals surface area contributed by atoms with Gasteiger partial charge in [0, 0.05) is 26.2 Å². The van der Waals surface area contributed by atoms with Crippen LogP contribution in [0.4, 0.5) is 20.6 Å². The Bertz CT molecular complexity index is 820. The molecule has 0 bridgehead atoms. The Morgan fingerprint density at radius 3 is 2.41 bits per heavy atom. The van der Waals surface area contributed by atoms with Gasteiger partial charge in [0.15, 0.2) is 0 Å². The van der Waals surface area contributed by atoms with Crippen molar-refractivity contribution in [1.29, 1.82) is 0 Å². The summed E-state index contributed by atoms with van der Waals surface area (Å²) in [4.78, 5) is 28.2. The third-order valence-corrected chi connectivity index (χ3v) is 4.42. The molecule has 1 aliphatic rings. The van der Waals surface area contributed by atoms with E-state index in [1.807, 2.05) is 4.90 Å². The van der Waals surface area contributed by atoms with E-state index < -0.39 is 5.97 Å². The maximum absolute atomic E-state index is 13.9. The van der Waals surface area contributed by atoms with Gasteiger partial charge in [0.25, 0.3) is 0 Å². The van der Waals surface area contributed by atoms with Gasteiger partial charge in [0.05, 0.1) is 23.5 Å². The van der Waals surface area contributed by atoms with Crippen LogP contribution in [0.1, 0.15) is 17.3 Å². The first-order chi connectivity index (χ1) is 13.1. The minimum Gasteiger partial charge on any atom is -0.462 e. The lowest BCUT2D eigenvalue weighted by atomic mass is 10.2. The van der Waals surface area contributed by atoms with Crippen molar-refractivity contribution in [3.05, 3.63) is 59.9 Å². The van der Waals surface area contributed by atoms with Crippen LogP contribution in [0.2, 0.25) is 0 Å². The van der Waals surface area contributed by atoms with Crippen molar-refractivity contribution in [2.24, 2.45) is 0 Å². The quantitative estimate of drug-likeness (QED) is 0.838. The summed E-state index contributed by atoms with van der Waals surface area (Å²) in [7, 11) is 0. The summed E-state index contributed by atoms with van der Waals surface area (Å²) < 4.78 is 18.9. The number of hydrogen-bond donors (Lipinski definition) is 1. The van der Waals surface area contributed by atoms with E-state index in [-0.39, 0.29) is 18.5 Å². The van der Waals surface area contributed by atoms with E-state index in [1.54, 1.807) is 54.3 Å². The molecule has 0 radical (unpaired) electrons. The Morgan fingerprint density at radius 2 is 1.70 bits per heavy atom. The van der Waals surface area contributed by atoms with E-state index in [9.17, 15) is 14.0 Å². The Labute approximate surface area is 157 Å². The van der Waals surface area contributed by atoms with Gasteiger partial charge < -0.3 is 19.9 Å². The second kappa shape index (κ2) is 8.53. The fourth-order valence-corrected chi connectivity index (χ4v) is 3.03. The number of carbonyl (C=O) groups excluding carboxylic acids is 2. The molecule has 2 amide bonds. The average molecular weight is 371 g/mol. The number of nitrogens with zero attached hydrogens (tertiary/aromatic N) is 2. The molecule has 3 rings (SSSR count). The zero-order valence-electron chi connectivity index (χ0n) is 15.2. The molecule has 0 aromatic heterocycles. The van der Waals surface area contributed by atoms with Crippen molar-refractivity contribution in [1.82, 2.24) is 4.90 Å². The molecule has 0 unspecified atom stereocenters. The Kier molecular flexibility index (Phi) is 5.90. The number of para-hydroxylation sites is 2. The van der Waals surface area contributed by atoms with Gasteiger partial charge in [-0.05, 0) is 31.2 Å². The molecule has 0 saturated carbocycles. The highest BCUT2D eigenvalue weighted by Gasteiger charge is 2.24. The molecule has 2 aromatic carbocycles. The van der Waals surface area contributed by atoms with E-state index >= 15 is 0 Å². The highest BCUT2D eigenvalue weighted by Crippen LogP contribution is 2.21. The Hall–Kier alpha value is -3.09. The molecule has 1 fully saturated rings. The number of hydrogen-bond acceptors (Lipinski definition) is 4. The van der Waals surface area contributed by atoms with E-state index in [0.29, 0.717) is 43.1 Å². The second-order valence-corrected chi connectivity index (χ2v) is 6.12. The largest absolute Gasteiger partial charge is 0.462 e. The summed E-state index contributed by atoms with van der Waals surface area (Å²) in [6, 6.07) is 13.1. The number of urea groups is 1. The number of amides is 2. The van der Waals surface area contributed by atoms with Crippen LogP contribution in [0.5, 0.6) is 0 Å². The molecule has 1 N–H and O–H groups in total. The molecule has 6 nitrogen and oxygen atoms in total. The van der Waals surface area contributed by atoms with Crippen LogP contribution in [-0.2, 0) is 4.74 Å². The first-order valence-corrected chi connectivity index (χ1v) is 8.91. The van der Waals surface area contributed by atoms with Crippen LogP contribution in [0.25, 0.3) is 0 Å². The number of benzene rings is 2. The molecule has 1 heterocycles. The van der Waals surface area contributed by atoms with E-state index in [1.165, 1.54) is 6.07 Å². The SMILES string of the molecule is CCOC(=O)c1ccccc1NC(=O)N1CCN(c2ccccc2F)CC1. The topological polar surface area (TPSA) is 61.9 Å². The number of ether oxygens (including phenoxy) is 1. The number of carbonyl (C=O) groups is 2. The van der Waals surface area contributed by atoms with Gasteiger partial charge in [-0.15, -0.1) is 0 Å². The van der Waals surface area contributed by atoms with E-state index in [0.717, 1.165) is 0 Å². The molecule has 7 heteroatoms. The lowest BCUT2D eigenvalue weighted by molar-refractivity contribution is 0.0527. The van der Waals surface area contributed by atoms with Gasteiger partial charge in [0.1, 0.15) is 5.82 Å². The molecule has 27 heavy (non-hydrogen) atoms. The molecular weight excluding hydrogens is 349 g/mol. The summed E-state index contributed by atoms with van der Waals surface area (Å²) in [5, 5.41) is 2.78. The lowest BCUT2D eigenvalue weighted by Gasteiger charge is -2.36. The number of piperazine rings is 1. The number of nitrogens with one attached hydrogen (secondary N) is 1. The fraction of sp³-hybridized carbons (Fsp3) is 0.300. The predicted molar refractivity (Wildman–Crippen MR) is 102 cm³/mol. The van der Waals surface area contributed by atoms with Gasteiger partial charge in [0.2, 0.25) is 0 Å². The highest BCUT2D eigenvalue weighted by molar-refractivity contribution is 6.00. The van der Waals surface area contributed by atoms with Gasteiger partial charge in [-0.3, -0.25) is 0 Å². The zero-order chi connectivity index (χ0) is 19.2. The molecule has 0 atom stereocenters. The number of esters is 1. The first-order valence-electron chi connectivity index (χ1n) is 8.91. The molecule has 1 aliphatic heterocycles. The monoisotopic (exact) mass is 371 g/mol. The Balaban J connectivity index is 1.62. The maximum Gasteiger partial charge on any atom is 0.340 e. The van der Waals surface area contributed by atoms with Crippen molar-refractivity contribution in [2.75, 3.05) is 43.0 Å². The number of halogens is 1. The summed E-state index contributed by atoms with van der Waals surface area (Å²) >= 11 is 0. The van der Waals surface area contributed by atoms with Crippen LogP contribution in [0, 0.1) is 5.82 Å². The minimum atomic E-state index is -0.474. The normalized spacial score (nSPS) is 14.0. The summed E-state index contributed by atoms with van der Waals surface area (Å²) in [6.45, 7) is 3.98. The van der Waals surface area contributed by atoms with Crippen molar-refractivity contribution < 1.29 is 18.7 Å². The van der Waals surface area contributed by atoms with Crippen molar-refractivity contribution in [3.8, 4) is 0 Å². The van der Waals surface area contributed by atoms with Gasteiger partial charge in [-0.1, -0.05) is 24.3 Å². The summed E-state index contributed by atoms with van der Waals surface area (Å²) in [5.41, 5.74) is 1.28. The predicted octanol–water partition coefficient (Wildman–Crippen LogP) is 3.36. The summed E-state index contributed by atoms with van der Waals surface area (Å²) in [5.74, 6) is -0.739. The molecule has 0 aliphatic carbocycles. The number of anilines is 2. The van der Waals surface area contributed by atoms with Crippen LogP contribution in [0.3, 0.4) is 0 Å². The molecule has 2 aromatic rings. The van der Waals surface area contributed by atoms with Gasteiger partial charge in [-0.2, -0.15) is 0 Å². The Morgan fingerprint density at radius 1 is 1.04 bits per heavy atom. The molecular formula is C20H22FN3O3. The smallest absolute Gasteiger partial charge is 0.340 e. The lowest BCUT2D eigenvalue weighted by Crippen LogP contribution is -2.50. The first kappa shape index (κ1) is 18.7. The zero-order valence-corrected chi connectivity index (χ0v) is 15.2. The van der Waals surface area contributed by atoms with Crippen LogP contribution >= 0.6 is 0 Å². The maximum atomic E-state index is 13.9. The second-order valence-electron chi connectivity index (χ2n) is 6.12. The fourth-order valence-electron chi connectivity index (χ4n) is 3.03. The van der Waals surface area contributed by atoms with Crippen molar-refractivity contribution >= 4 is 23.4 Å². The highest BCUT2D eigenvalue weighted by atomic mass is 19.1. The van der Waals surface area contributed by atoms with Crippen molar-refractivity contribution in [2.45, 2.75) is 6.92 Å². The molecule has 142 valence electrons. The van der Waals surface area contributed by atoms with Gasteiger partial charge in [-0.25, -0.2) is 14.0 Å². The van der Waals surface area contributed by atoms with Crippen LogP contribution < -0.4 is 10.2 Å². The van der Waals surface area contributed by atoms with Crippen LogP contribution in [0.15, 0.2) is 48.5 Å². The summed E-state index contributed by atoms with van der Waals surface area (Å²) in [6.07, 6.45) is 0. The van der Waals surface area contributed by atoms with Gasteiger partial charge >= 0.3 is 12.0 Å². The molecule has 0 spiro atoms. The molecule has 1 saturated heterocycles. The van der Waals surface area contributed by atoms with Crippen LogP contribution in [-0.4, -0.2) is 49.7 Å². The third-order valence-electron chi connectivity index (χ3n) is 4.42. The standard InChI is InChI=1S/C20H22FN3O3/c1-2-27-19(25)15-7-3-5-9-17(15)22-20(26)24-13-11-23(12-14-24)18-10-6-4-8-16(18)21/h3-10H,2,11-14H2,1H3,(H,22,26). The van der Waals surface area contributed by atoms with E-state index in [4.69, 9.17) is 4.74 Å². The number of rotatable bonds is 4. The van der Waals surface area contributed by atoms with E-state index in [2.05, 4.69) is 5.32 Å². The third kappa shape index (κ3) is 4.36.